The Labute approximate surface area is 113 Å². The van der Waals surface area contributed by atoms with Crippen LogP contribution >= 0.6 is 0 Å². The van der Waals surface area contributed by atoms with Gasteiger partial charge < -0.3 is 19.7 Å². The Morgan fingerprint density at radius 3 is 2.85 bits per heavy atom. The summed E-state index contributed by atoms with van der Waals surface area (Å²) in [6.45, 7) is 1.54. The number of rotatable bonds is 3. The molecule has 1 aromatic heterocycles. The third kappa shape index (κ3) is 2.75. The van der Waals surface area contributed by atoms with Crippen molar-refractivity contribution in [3.8, 4) is 12.0 Å². The number of hydrogen-bond donors (Lipinski definition) is 3. The zero-order valence-electron chi connectivity index (χ0n) is 10.6. The summed E-state index contributed by atoms with van der Waals surface area (Å²) < 4.78 is 11.3. The molecule has 8 nitrogen and oxygen atoms in total. The van der Waals surface area contributed by atoms with Gasteiger partial charge in [-0.2, -0.15) is 0 Å². The number of aliphatic hydroxyl groups excluding tert-OH is 2. The molecular weight excluding hydrogens is 268 g/mol. The first kappa shape index (κ1) is 14.3. The molecule has 1 fully saturated rings. The molecule has 1 aromatic rings. The molecule has 0 radical (unpaired) electrons. The molecule has 1 aliphatic rings. The fraction of sp³-hybridized carbons (Fsp3) is 0.500. The van der Waals surface area contributed by atoms with Gasteiger partial charge in [0, 0.05) is 19.2 Å². The Kier molecular flexibility index (Phi) is 4.24. The van der Waals surface area contributed by atoms with E-state index in [1.54, 1.807) is 6.92 Å². The molecule has 1 aliphatic heterocycles. The first-order chi connectivity index (χ1) is 9.54. The molecule has 1 saturated heterocycles. The van der Waals surface area contributed by atoms with Gasteiger partial charge in [0.1, 0.15) is 31.0 Å². The minimum atomic E-state index is -1.32. The third-order valence-corrected chi connectivity index (χ3v) is 2.88. The Morgan fingerprint density at radius 2 is 2.20 bits per heavy atom. The van der Waals surface area contributed by atoms with Crippen molar-refractivity contribution in [2.75, 3.05) is 6.61 Å². The normalized spacial score (nSPS) is 28.8. The predicted molar refractivity (Wildman–Crippen MR) is 66.6 cm³/mol. The highest BCUT2D eigenvalue weighted by molar-refractivity contribution is 4.94. The second-order valence-corrected chi connectivity index (χ2v) is 4.23. The molecule has 0 saturated carbocycles. The van der Waals surface area contributed by atoms with Gasteiger partial charge in [-0.15, -0.1) is 0 Å². The van der Waals surface area contributed by atoms with E-state index in [9.17, 15) is 19.8 Å². The lowest BCUT2D eigenvalue weighted by atomic mass is 10.1. The van der Waals surface area contributed by atoms with Gasteiger partial charge in [-0.3, -0.25) is 14.3 Å². The summed E-state index contributed by atoms with van der Waals surface area (Å²) in [4.78, 5) is 24.7. The van der Waals surface area contributed by atoms with Crippen LogP contribution in [0.15, 0.2) is 21.9 Å². The number of nitrogens with one attached hydrogen (secondary N) is 1. The minimum Gasteiger partial charge on any atom is -0.444 e. The fourth-order valence-electron chi connectivity index (χ4n) is 1.92. The maximum atomic E-state index is 11.6. The predicted octanol–water partition coefficient (Wildman–Crippen LogP) is -1.85. The number of aliphatic hydroxyl groups is 2. The Morgan fingerprint density at radius 1 is 1.45 bits per heavy atom. The second-order valence-electron chi connectivity index (χ2n) is 4.23. The molecule has 0 aliphatic carbocycles. The lowest BCUT2D eigenvalue weighted by molar-refractivity contribution is -0.0549. The third-order valence-electron chi connectivity index (χ3n) is 2.88. The van der Waals surface area contributed by atoms with Gasteiger partial charge in [-0.05, 0) is 0 Å². The van der Waals surface area contributed by atoms with Gasteiger partial charge in [-0.25, -0.2) is 4.79 Å². The van der Waals surface area contributed by atoms with E-state index < -0.39 is 35.8 Å². The van der Waals surface area contributed by atoms with E-state index in [-0.39, 0.29) is 6.61 Å². The van der Waals surface area contributed by atoms with Crippen LogP contribution < -0.4 is 11.2 Å². The van der Waals surface area contributed by atoms with Crippen LogP contribution in [0.3, 0.4) is 0 Å². The van der Waals surface area contributed by atoms with Crippen molar-refractivity contribution in [3.63, 3.8) is 0 Å². The van der Waals surface area contributed by atoms with Gasteiger partial charge in [-0.1, -0.05) is 5.92 Å². The molecule has 8 heteroatoms. The molecule has 1 unspecified atom stereocenters. The highest BCUT2D eigenvalue weighted by atomic mass is 16.6. The smallest absolute Gasteiger partial charge is 0.330 e. The first-order valence-corrected chi connectivity index (χ1v) is 5.91. The monoisotopic (exact) mass is 282 g/mol. The van der Waals surface area contributed by atoms with Crippen LogP contribution in [-0.4, -0.2) is 44.7 Å². The lowest BCUT2D eigenvalue weighted by Gasteiger charge is -2.16. The highest BCUT2D eigenvalue weighted by Crippen LogP contribution is 2.28. The van der Waals surface area contributed by atoms with E-state index in [0.29, 0.717) is 0 Å². The molecule has 2 heterocycles. The maximum Gasteiger partial charge on any atom is 0.330 e. The summed E-state index contributed by atoms with van der Waals surface area (Å²) in [5, 5.41) is 19.8. The summed E-state index contributed by atoms with van der Waals surface area (Å²) in [6, 6.07) is 1.12. The number of aromatic nitrogens is 2. The summed E-state index contributed by atoms with van der Waals surface area (Å²) >= 11 is 0. The molecular formula is C12H14N2O6. The van der Waals surface area contributed by atoms with Crippen LogP contribution in [-0.2, 0) is 9.47 Å². The van der Waals surface area contributed by atoms with Crippen molar-refractivity contribution < 1.29 is 19.7 Å². The second kappa shape index (κ2) is 5.92. The number of H-pyrrole nitrogens is 1. The van der Waals surface area contributed by atoms with E-state index in [2.05, 4.69) is 12.0 Å². The van der Waals surface area contributed by atoms with Gasteiger partial charge in [0.15, 0.2) is 6.23 Å². The van der Waals surface area contributed by atoms with Gasteiger partial charge >= 0.3 is 5.69 Å². The average molecular weight is 282 g/mol. The summed E-state index contributed by atoms with van der Waals surface area (Å²) in [5.74, 6) is 2.51. The van der Waals surface area contributed by atoms with Crippen LogP contribution in [0.2, 0.25) is 0 Å². The van der Waals surface area contributed by atoms with Crippen molar-refractivity contribution in [3.05, 3.63) is 33.1 Å². The van der Waals surface area contributed by atoms with E-state index in [4.69, 9.17) is 9.47 Å². The number of hydrogen-bond acceptors (Lipinski definition) is 6. The minimum absolute atomic E-state index is 0.0479. The molecule has 0 spiro atoms. The van der Waals surface area contributed by atoms with Crippen molar-refractivity contribution in [2.24, 2.45) is 0 Å². The lowest BCUT2D eigenvalue weighted by Crippen LogP contribution is -2.37. The molecule has 20 heavy (non-hydrogen) atoms. The zero-order valence-corrected chi connectivity index (χ0v) is 10.6. The summed E-state index contributed by atoms with van der Waals surface area (Å²) in [5.41, 5.74) is -1.29. The highest BCUT2D eigenvalue weighted by Gasteiger charge is 2.44. The molecule has 0 amide bonds. The zero-order chi connectivity index (χ0) is 14.7. The number of ether oxygens (including phenoxy) is 2. The van der Waals surface area contributed by atoms with E-state index in [1.165, 1.54) is 6.20 Å². The quantitative estimate of drug-likeness (QED) is 0.561. The maximum absolute atomic E-state index is 11.6. The van der Waals surface area contributed by atoms with E-state index in [0.717, 1.165) is 10.6 Å². The van der Waals surface area contributed by atoms with Crippen molar-refractivity contribution >= 4 is 0 Å². The van der Waals surface area contributed by atoms with Crippen molar-refractivity contribution in [1.82, 2.24) is 9.55 Å². The van der Waals surface area contributed by atoms with Gasteiger partial charge in [0.25, 0.3) is 5.56 Å². The van der Waals surface area contributed by atoms with Gasteiger partial charge in [0.05, 0.1) is 0 Å². The summed E-state index contributed by atoms with van der Waals surface area (Å²) in [7, 11) is 0. The van der Waals surface area contributed by atoms with Crippen LogP contribution in [0.25, 0.3) is 0 Å². The molecule has 108 valence electrons. The Bertz CT molecular complexity index is 640. The first-order valence-electron chi connectivity index (χ1n) is 5.91. The summed E-state index contributed by atoms with van der Waals surface area (Å²) in [6.07, 6.45) is -0.930. The van der Waals surface area contributed by atoms with Crippen LogP contribution in [0, 0.1) is 12.0 Å². The topological polar surface area (TPSA) is 114 Å². The largest absolute Gasteiger partial charge is 0.444 e. The Hall–Kier alpha value is -2.08. The van der Waals surface area contributed by atoms with Crippen LogP contribution in [0.1, 0.15) is 13.2 Å². The molecule has 0 bridgehead atoms. The average Bonchev–Trinajstić information content (AvgIpc) is 2.68. The molecule has 2 rings (SSSR count). The number of nitrogens with zero attached hydrogens (tertiary/aromatic N) is 1. The molecule has 4 atom stereocenters. The van der Waals surface area contributed by atoms with Crippen LogP contribution in [0.5, 0.6) is 0 Å². The van der Waals surface area contributed by atoms with E-state index in [1.807, 2.05) is 4.98 Å². The molecule has 0 aromatic carbocycles. The van der Waals surface area contributed by atoms with Crippen LogP contribution in [0.4, 0.5) is 0 Å². The van der Waals surface area contributed by atoms with Crippen molar-refractivity contribution in [1.29, 1.82) is 0 Å². The van der Waals surface area contributed by atoms with E-state index >= 15 is 0 Å². The standard InChI is InChI=1S/C12H14N2O6/c1-2-5-19-6-7-9(16)10(17)11(20-7)14-4-3-8(15)13-12(14)18/h3-4,7,9-11,16-17H,6H2,1H3,(H,13,15,18)/t7-,9-,10+,11?/m1/s1. The Balaban J connectivity index is 2.18. The molecule has 3 N–H and O–H groups in total. The fourth-order valence-corrected chi connectivity index (χ4v) is 1.92. The van der Waals surface area contributed by atoms with Crippen molar-refractivity contribution in [2.45, 2.75) is 31.5 Å². The number of aromatic amines is 1. The van der Waals surface area contributed by atoms with Gasteiger partial charge in [0.2, 0.25) is 0 Å². The SMILES string of the molecule is CC#COC[C@H]1OC(n2ccc(=O)[nH]c2=O)[C@@H](O)[C@@H]1O.